The molecule has 1 aliphatic rings. The molecular formula is C13H17F2N5. The van der Waals surface area contributed by atoms with E-state index >= 15 is 0 Å². The topological polar surface area (TPSA) is 47.7 Å². The van der Waals surface area contributed by atoms with Crippen molar-refractivity contribution >= 4 is 5.82 Å². The molecule has 2 aromatic heterocycles. The maximum absolute atomic E-state index is 13.3. The van der Waals surface area contributed by atoms with Gasteiger partial charge in [0, 0.05) is 24.9 Å². The van der Waals surface area contributed by atoms with Gasteiger partial charge in [0.1, 0.15) is 11.9 Å². The number of aryl methyl sites for hydroxylation is 3. The highest BCUT2D eigenvalue weighted by atomic mass is 19.3. The number of halogens is 2. The first kappa shape index (κ1) is 13.1. The zero-order valence-corrected chi connectivity index (χ0v) is 11.6. The number of hydrogen-bond donors (Lipinski definition) is 1. The quantitative estimate of drug-likeness (QED) is 0.920. The Balaban J connectivity index is 1.99. The van der Waals surface area contributed by atoms with Gasteiger partial charge in [0.05, 0.1) is 17.4 Å². The van der Waals surface area contributed by atoms with Crippen molar-refractivity contribution in [1.82, 2.24) is 19.6 Å². The lowest BCUT2D eigenvalue weighted by Gasteiger charge is -2.31. The molecule has 108 valence electrons. The zero-order valence-electron chi connectivity index (χ0n) is 11.6. The molecule has 7 heteroatoms. The number of fused-ring (bicyclic) bond motifs is 1. The summed E-state index contributed by atoms with van der Waals surface area (Å²) in [6, 6.07) is 0.739. The van der Waals surface area contributed by atoms with Gasteiger partial charge in [0.2, 0.25) is 0 Å². The molecule has 20 heavy (non-hydrogen) atoms. The molecule has 3 heterocycles. The van der Waals surface area contributed by atoms with Crippen molar-refractivity contribution in [2.75, 3.05) is 5.32 Å². The van der Waals surface area contributed by atoms with Crippen molar-refractivity contribution in [1.29, 1.82) is 0 Å². The molecule has 2 atom stereocenters. The van der Waals surface area contributed by atoms with Gasteiger partial charge in [-0.1, -0.05) is 0 Å². The molecule has 0 amide bonds. The molecule has 0 fully saturated rings. The summed E-state index contributed by atoms with van der Waals surface area (Å²) >= 11 is 0. The van der Waals surface area contributed by atoms with E-state index in [1.807, 2.05) is 20.2 Å². The lowest BCUT2D eigenvalue weighted by Crippen LogP contribution is -2.31. The van der Waals surface area contributed by atoms with E-state index in [9.17, 15) is 8.78 Å². The van der Waals surface area contributed by atoms with E-state index in [2.05, 4.69) is 15.5 Å². The predicted molar refractivity (Wildman–Crippen MR) is 70.9 cm³/mol. The van der Waals surface area contributed by atoms with Gasteiger partial charge in [-0.05, 0) is 20.3 Å². The van der Waals surface area contributed by atoms with Gasteiger partial charge in [0.15, 0.2) is 0 Å². The summed E-state index contributed by atoms with van der Waals surface area (Å²) in [5.41, 5.74) is 2.56. The Morgan fingerprint density at radius 2 is 2.10 bits per heavy atom. The van der Waals surface area contributed by atoms with Crippen molar-refractivity contribution in [3.63, 3.8) is 0 Å². The Hall–Kier alpha value is -1.92. The summed E-state index contributed by atoms with van der Waals surface area (Å²) in [7, 11) is 1.83. The maximum atomic E-state index is 13.3. The third-order valence-corrected chi connectivity index (χ3v) is 3.69. The van der Waals surface area contributed by atoms with Crippen LogP contribution in [-0.2, 0) is 7.05 Å². The number of aromatic nitrogens is 4. The van der Waals surface area contributed by atoms with Gasteiger partial charge >= 0.3 is 0 Å². The molecule has 5 nitrogen and oxygen atoms in total. The van der Waals surface area contributed by atoms with Crippen LogP contribution in [0.5, 0.6) is 0 Å². The van der Waals surface area contributed by atoms with E-state index in [-0.39, 0.29) is 6.04 Å². The van der Waals surface area contributed by atoms with Crippen LogP contribution in [-0.4, -0.2) is 26.0 Å². The van der Waals surface area contributed by atoms with Crippen LogP contribution in [0, 0.1) is 13.8 Å². The Kier molecular flexibility index (Phi) is 2.99. The monoisotopic (exact) mass is 281 g/mol. The highest BCUT2D eigenvalue weighted by Crippen LogP contribution is 2.38. The molecule has 0 saturated heterocycles. The lowest BCUT2D eigenvalue weighted by molar-refractivity contribution is 0.0657. The second kappa shape index (κ2) is 4.57. The average molecular weight is 281 g/mol. The third-order valence-electron chi connectivity index (χ3n) is 3.69. The number of rotatable bonds is 2. The van der Waals surface area contributed by atoms with E-state index in [0.717, 1.165) is 17.0 Å². The van der Waals surface area contributed by atoms with Crippen molar-refractivity contribution < 1.29 is 8.78 Å². The minimum absolute atomic E-state index is 0.161. The van der Waals surface area contributed by atoms with Crippen molar-refractivity contribution in [3.05, 3.63) is 29.2 Å². The van der Waals surface area contributed by atoms with E-state index in [4.69, 9.17) is 0 Å². The molecule has 0 saturated carbocycles. The van der Waals surface area contributed by atoms with Gasteiger partial charge in [-0.15, -0.1) is 0 Å². The number of nitrogens with zero attached hydrogens (tertiary/aromatic N) is 4. The van der Waals surface area contributed by atoms with Crippen LogP contribution in [0.15, 0.2) is 12.3 Å². The summed E-state index contributed by atoms with van der Waals surface area (Å²) in [6.45, 7) is 3.70. The molecule has 1 aliphatic heterocycles. The summed E-state index contributed by atoms with van der Waals surface area (Å²) in [5.74, 6) is 0.646. The van der Waals surface area contributed by atoms with Gasteiger partial charge in [-0.3, -0.25) is 4.68 Å². The molecule has 1 N–H and O–H groups in total. The second-order valence-electron chi connectivity index (χ2n) is 5.29. The molecule has 0 unspecified atom stereocenters. The first-order valence-corrected chi connectivity index (χ1v) is 6.56. The fourth-order valence-corrected chi connectivity index (χ4v) is 2.83. The Morgan fingerprint density at radius 1 is 1.35 bits per heavy atom. The minimum atomic E-state index is -2.44. The summed E-state index contributed by atoms with van der Waals surface area (Å²) in [5, 5.41) is 11.7. The highest BCUT2D eigenvalue weighted by molar-refractivity contribution is 5.43. The fourth-order valence-electron chi connectivity index (χ4n) is 2.83. The summed E-state index contributed by atoms with van der Waals surface area (Å²) in [6.07, 6.45) is -0.248. The number of anilines is 1. The smallest absolute Gasteiger partial charge is 0.260 e. The molecule has 0 aromatic carbocycles. The fraction of sp³-hybridized carbons (Fsp3) is 0.538. The Labute approximate surface area is 115 Å². The van der Waals surface area contributed by atoms with Crippen molar-refractivity contribution in [3.8, 4) is 0 Å². The van der Waals surface area contributed by atoms with Crippen LogP contribution >= 0.6 is 0 Å². The first-order valence-electron chi connectivity index (χ1n) is 6.56. The number of alkyl halides is 2. The molecule has 3 rings (SSSR count). The second-order valence-corrected chi connectivity index (χ2v) is 5.29. The van der Waals surface area contributed by atoms with Crippen molar-refractivity contribution in [2.24, 2.45) is 7.05 Å². The van der Waals surface area contributed by atoms with Crippen LogP contribution in [0.1, 0.15) is 35.5 Å². The van der Waals surface area contributed by atoms with E-state index in [0.29, 0.717) is 12.2 Å². The van der Waals surface area contributed by atoms with Crippen LogP contribution in [0.25, 0.3) is 0 Å². The number of hydrogen-bond acceptors (Lipinski definition) is 3. The van der Waals surface area contributed by atoms with Crippen LogP contribution in [0.2, 0.25) is 0 Å². The largest absolute Gasteiger partial charge is 0.363 e. The van der Waals surface area contributed by atoms with Gasteiger partial charge < -0.3 is 5.32 Å². The molecule has 0 bridgehead atoms. The summed E-state index contributed by atoms with van der Waals surface area (Å²) < 4.78 is 29.7. The maximum Gasteiger partial charge on any atom is 0.260 e. The third kappa shape index (κ3) is 2.07. The van der Waals surface area contributed by atoms with E-state index in [1.54, 1.807) is 17.7 Å². The predicted octanol–water partition coefficient (Wildman–Crippen LogP) is 2.60. The molecular weight excluding hydrogens is 264 g/mol. The minimum Gasteiger partial charge on any atom is -0.363 e. The normalized spacial score (nSPS) is 21.9. The molecule has 2 aromatic rings. The van der Waals surface area contributed by atoms with Crippen molar-refractivity contribution in [2.45, 2.75) is 38.8 Å². The summed E-state index contributed by atoms with van der Waals surface area (Å²) in [4.78, 5) is 0. The van der Waals surface area contributed by atoms with E-state index in [1.165, 1.54) is 4.68 Å². The van der Waals surface area contributed by atoms with Gasteiger partial charge in [0.25, 0.3) is 6.43 Å². The highest BCUT2D eigenvalue weighted by Gasteiger charge is 2.35. The Morgan fingerprint density at radius 3 is 2.70 bits per heavy atom. The van der Waals surface area contributed by atoms with Crippen LogP contribution in [0.3, 0.4) is 0 Å². The first-order chi connectivity index (χ1) is 9.45. The molecule has 0 spiro atoms. The molecule has 0 radical (unpaired) electrons. The molecule has 0 aliphatic carbocycles. The van der Waals surface area contributed by atoms with Crippen LogP contribution in [0.4, 0.5) is 14.6 Å². The standard InChI is InChI=1S/C13H17F2N5/c1-7-4-12-16-10(9-6-19(3)18-8(9)2)5-11(13(14)15)20(12)17-7/h4,6,10-11,13,16H,5H2,1-3H3/t10-,11+/m0/s1. The zero-order chi connectivity index (χ0) is 14.4. The van der Waals surface area contributed by atoms with Gasteiger partial charge in [-0.2, -0.15) is 10.2 Å². The van der Waals surface area contributed by atoms with Gasteiger partial charge in [-0.25, -0.2) is 13.5 Å². The van der Waals surface area contributed by atoms with Crippen LogP contribution < -0.4 is 5.32 Å². The van der Waals surface area contributed by atoms with E-state index < -0.39 is 12.5 Å². The Bertz CT molecular complexity index is 631. The lowest BCUT2D eigenvalue weighted by atomic mass is 9.98. The average Bonchev–Trinajstić information content (AvgIpc) is 2.88. The number of nitrogens with one attached hydrogen (secondary N) is 1. The SMILES string of the molecule is Cc1cc2n(n1)[C@@H](C(F)F)C[C@@H](c1cn(C)nc1C)N2.